The summed E-state index contributed by atoms with van der Waals surface area (Å²) in [4.78, 5) is 13.6. The average molecular weight is 295 g/mol. The zero-order valence-electron chi connectivity index (χ0n) is 12.6. The molecule has 1 aliphatic heterocycles. The number of amides is 1. The van der Waals surface area contributed by atoms with Gasteiger partial charge in [-0.2, -0.15) is 0 Å². The Kier molecular flexibility index (Phi) is 4.25. The number of rotatable bonds is 2. The van der Waals surface area contributed by atoms with Crippen molar-refractivity contribution in [2.75, 3.05) is 23.7 Å². The molecule has 0 saturated carbocycles. The van der Waals surface area contributed by atoms with Crippen LogP contribution in [0.4, 0.5) is 20.6 Å². The number of nitrogens with one attached hydrogen (secondary N) is 1. The predicted molar refractivity (Wildman–Crippen MR) is 80.8 cm³/mol. The number of nitrogen functional groups attached to an aromatic ring is 1. The van der Waals surface area contributed by atoms with Crippen molar-refractivity contribution in [1.29, 1.82) is 0 Å². The van der Waals surface area contributed by atoms with Gasteiger partial charge in [0, 0.05) is 18.8 Å². The number of halogens is 1. The lowest BCUT2D eigenvalue weighted by Crippen LogP contribution is -2.40. The van der Waals surface area contributed by atoms with Gasteiger partial charge in [-0.1, -0.05) is 0 Å². The molecule has 1 saturated heterocycles. The van der Waals surface area contributed by atoms with Gasteiger partial charge in [-0.15, -0.1) is 0 Å². The van der Waals surface area contributed by atoms with Crippen molar-refractivity contribution in [2.45, 2.75) is 38.8 Å². The highest BCUT2D eigenvalue weighted by Crippen LogP contribution is 2.25. The van der Waals surface area contributed by atoms with Crippen LogP contribution in [0.1, 0.15) is 27.2 Å². The molecule has 1 aromatic carbocycles. The third kappa shape index (κ3) is 4.24. The van der Waals surface area contributed by atoms with Gasteiger partial charge >= 0.3 is 6.09 Å². The molecule has 0 aromatic heterocycles. The third-order valence-electron chi connectivity index (χ3n) is 3.22. The normalized spacial score (nSPS) is 18.7. The van der Waals surface area contributed by atoms with E-state index >= 15 is 0 Å². The highest BCUT2D eigenvalue weighted by atomic mass is 19.1. The van der Waals surface area contributed by atoms with Crippen molar-refractivity contribution in [3.63, 3.8) is 0 Å². The second-order valence-electron chi connectivity index (χ2n) is 6.29. The van der Waals surface area contributed by atoms with E-state index in [1.165, 1.54) is 6.07 Å². The van der Waals surface area contributed by atoms with Crippen LogP contribution in [0.5, 0.6) is 0 Å². The van der Waals surface area contributed by atoms with Gasteiger partial charge in [0.2, 0.25) is 0 Å². The molecule has 5 nitrogen and oxygen atoms in total. The van der Waals surface area contributed by atoms with E-state index in [0.29, 0.717) is 24.5 Å². The van der Waals surface area contributed by atoms with Crippen LogP contribution >= 0.6 is 0 Å². The number of hydrogen-bond acceptors (Lipinski definition) is 4. The molecule has 1 aliphatic rings. The van der Waals surface area contributed by atoms with Gasteiger partial charge in [-0.05, 0) is 45.4 Å². The summed E-state index contributed by atoms with van der Waals surface area (Å²) in [5.41, 5.74) is 5.94. The minimum atomic E-state index is -0.522. The Balaban J connectivity index is 1.93. The quantitative estimate of drug-likeness (QED) is 0.823. The molecular formula is C15H22FN3O2. The minimum absolute atomic E-state index is 0.0446. The van der Waals surface area contributed by atoms with Crippen molar-refractivity contribution >= 4 is 17.5 Å². The first-order valence-corrected chi connectivity index (χ1v) is 7.04. The summed E-state index contributed by atoms with van der Waals surface area (Å²) in [5, 5.41) is 2.82. The maximum atomic E-state index is 13.9. The molecule has 0 bridgehead atoms. The molecule has 0 spiro atoms. The van der Waals surface area contributed by atoms with Crippen LogP contribution < -0.4 is 16.0 Å². The maximum Gasteiger partial charge on any atom is 0.407 e. The fourth-order valence-corrected chi connectivity index (χ4v) is 2.35. The van der Waals surface area contributed by atoms with Crippen molar-refractivity contribution < 1.29 is 13.9 Å². The standard InChI is InChI=1S/C15H22FN3O2/c1-15(2,3)21-14(20)18-11-6-7-19(9-11)13-5-4-10(17)8-12(13)16/h4-5,8,11H,6-7,9,17H2,1-3H3,(H,18,20). The first-order chi connectivity index (χ1) is 9.74. The van der Waals surface area contributed by atoms with Gasteiger partial charge in [0.25, 0.3) is 0 Å². The Morgan fingerprint density at radius 3 is 2.81 bits per heavy atom. The van der Waals surface area contributed by atoms with Crippen LogP contribution in [0, 0.1) is 5.82 Å². The van der Waals surface area contributed by atoms with Gasteiger partial charge in [0.1, 0.15) is 11.4 Å². The molecule has 0 aliphatic carbocycles. The Morgan fingerprint density at radius 2 is 2.19 bits per heavy atom. The second kappa shape index (κ2) is 5.79. The number of nitrogens with two attached hydrogens (primary N) is 1. The Labute approximate surface area is 124 Å². The van der Waals surface area contributed by atoms with E-state index in [1.54, 1.807) is 12.1 Å². The largest absolute Gasteiger partial charge is 0.444 e. The van der Waals surface area contributed by atoms with Crippen molar-refractivity contribution in [3.05, 3.63) is 24.0 Å². The van der Waals surface area contributed by atoms with Crippen molar-refractivity contribution in [2.24, 2.45) is 0 Å². The number of carbonyl (C=O) groups is 1. The number of carbonyl (C=O) groups excluding carboxylic acids is 1. The van der Waals surface area contributed by atoms with E-state index in [4.69, 9.17) is 10.5 Å². The molecule has 1 atom stereocenters. The first-order valence-electron chi connectivity index (χ1n) is 7.04. The zero-order chi connectivity index (χ0) is 15.6. The van der Waals surface area contributed by atoms with E-state index in [2.05, 4.69) is 5.32 Å². The molecule has 0 radical (unpaired) electrons. The lowest BCUT2D eigenvalue weighted by molar-refractivity contribution is 0.0509. The molecule has 21 heavy (non-hydrogen) atoms. The van der Waals surface area contributed by atoms with Crippen LogP contribution in [0.3, 0.4) is 0 Å². The lowest BCUT2D eigenvalue weighted by Gasteiger charge is -2.22. The minimum Gasteiger partial charge on any atom is -0.444 e. The van der Waals surface area contributed by atoms with Crippen molar-refractivity contribution in [3.8, 4) is 0 Å². The Morgan fingerprint density at radius 1 is 1.48 bits per heavy atom. The fraction of sp³-hybridized carbons (Fsp3) is 0.533. The van der Waals surface area contributed by atoms with Crippen LogP contribution in [0.15, 0.2) is 18.2 Å². The smallest absolute Gasteiger partial charge is 0.407 e. The van der Waals surface area contributed by atoms with Gasteiger partial charge in [0.15, 0.2) is 0 Å². The molecule has 3 N–H and O–H groups in total. The highest BCUT2D eigenvalue weighted by Gasteiger charge is 2.27. The van der Waals surface area contributed by atoms with Gasteiger partial charge in [-0.3, -0.25) is 0 Å². The Bertz CT molecular complexity index is 528. The fourth-order valence-electron chi connectivity index (χ4n) is 2.35. The van der Waals surface area contributed by atoms with E-state index in [0.717, 1.165) is 6.42 Å². The van der Waals surface area contributed by atoms with Gasteiger partial charge < -0.3 is 20.7 Å². The summed E-state index contributed by atoms with van der Waals surface area (Å²) >= 11 is 0. The zero-order valence-corrected chi connectivity index (χ0v) is 12.6. The Hall–Kier alpha value is -1.98. The molecule has 6 heteroatoms. The van der Waals surface area contributed by atoms with Gasteiger partial charge in [0.05, 0.1) is 11.7 Å². The molecule has 116 valence electrons. The highest BCUT2D eigenvalue weighted by molar-refractivity contribution is 5.68. The van der Waals surface area contributed by atoms with Crippen LogP contribution in [-0.4, -0.2) is 30.8 Å². The molecule has 1 fully saturated rings. The molecule has 1 unspecified atom stereocenters. The summed E-state index contributed by atoms with van der Waals surface area (Å²) in [6.07, 6.45) is 0.315. The van der Waals surface area contributed by atoms with E-state index in [1.807, 2.05) is 25.7 Å². The number of hydrogen-bond donors (Lipinski definition) is 2. The molecule has 1 heterocycles. The molecular weight excluding hydrogens is 273 g/mol. The number of alkyl carbamates (subject to hydrolysis) is 1. The van der Waals surface area contributed by atoms with E-state index in [-0.39, 0.29) is 11.9 Å². The lowest BCUT2D eigenvalue weighted by atomic mass is 10.2. The van der Waals surface area contributed by atoms with Crippen molar-refractivity contribution in [1.82, 2.24) is 5.32 Å². The molecule has 1 aromatic rings. The predicted octanol–water partition coefficient (Wildman–Crippen LogP) is 2.51. The third-order valence-corrected chi connectivity index (χ3v) is 3.22. The van der Waals surface area contributed by atoms with Crippen LogP contribution in [-0.2, 0) is 4.74 Å². The van der Waals surface area contributed by atoms with Crippen LogP contribution in [0.25, 0.3) is 0 Å². The molecule has 1 amide bonds. The monoisotopic (exact) mass is 295 g/mol. The van der Waals surface area contributed by atoms with Crippen LogP contribution in [0.2, 0.25) is 0 Å². The van der Waals surface area contributed by atoms with E-state index in [9.17, 15) is 9.18 Å². The summed E-state index contributed by atoms with van der Waals surface area (Å²) in [5.74, 6) is -0.340. The maximum absolute atomic E-state index is 13.9. The molecule has 2 rings (SSSR count). The summed E-state index contributed by atoms with van der Waals surface area (Å²) in [6.45, 7) is 6.69. The van der Waals surface area contributed by atoms with E-state index < -0.39 is 11.7 Å². The topological polar surface area (TPSA) is 67.6 Å². The number of anilines is 2. The summed E-state index contributed by atoms with van der Waals surface area (Å²) in [7, 11) is 0. The first kappa shape index (κ1) is 15.4. The average Bonchev–Trinajstić information content (AvgIpc) is 2.74. The second-order valence-corrected chi connectivity index (χ2v) is 6.29. The number of benzene rings is 1. The summed E-state index contributed by atoms with van der Waals surface area (Å²) in [6, 6.07) is 4.61. The van der Waals surface area contributed by atoms with Gasteiger partial charge in [-0.25, -0.2) is 9.18 Å². The SMILES string of the molecule is CC(C)(C)OC(=O)NC1CCN(c2ccc(N)cc2F)C1. The number of ether oxygens (including phenoxy) is 1. The number of nitrogens with zero attached hydrogens (tertiary/aromatic N) is 1. The summed E-state index contributed by atoms with van der Waals surface area (Å²) < 4.78 is 19.1.